The van der Waals surface area contributed by atoms with Gasteiger partial charge in [0.2, 0.25) is 0 Å². The Balaban J connectivity index is 0.00000289. The third-order valence-electron chi connectivity index (χ3n) is 6.05. The minimum atomic E-state index is -1.11. The van der Waals surface area contributed by atoms with Crippen LogP contribution in [0.25, 0.3) is 0 Å². The number of hydrogen-bond donors (Lipinski definition) is 0. The second-order valence-corrected chi connectivity index (χ2v) is 8.09. The Morgan fingerprint density at radius 3 is 2.44 bits per heavy atom. The molecule has 3 atom stereocenters. The van der Waals surface area contributed by atoms with Gasteiger partial charge in [-0.15, -0.1) is 0 Å². The largest absolute Gasteiger partial charge is 0.493 e. The molecule has 3 unspecified atom stereocenters. The lowest BCUT2D eigenvalue weighted by molar-refractivity contribution is -0.153. The molecular formula is C25H26BFO5. The van der Waals surface area contributed by atoms with E-state index in [1.807, 2.05) is 0 Å². The minimum Gasteiger partial charge on any atom is -0.493 e. The molecule has 7 heteroatoms. The fourth-order valence-corrected chi connectivity index (χ4v) is 4.40. The van der Waals surface area contributed by atoms with Crippen LogP contribution in [0.2, 0.25) is 0 Å². The molecule has 0 amide bonds. The van der Waals surface area contributed by atoms with Crippen LogP contribution in [-0.2, 0) is 14.3 Å². The highest BCUT2D eigenvalue weighted by atomic mass is 19.1. The lowest BCUT2D eigenvalue weighted by atomic mass is 9.70. The zero-order valence-corrected chi connectivity index (χ0v) is 18.1. The number of Topliss-reactive ketones (excluding diaryl/α,β-unsaturated/α-hetero) is 2. The predicted molar refractivity (Wildman–Crippen MR) is 119 cm³/mol. The third-order valence-corrected chi connectivity index (χ3v) is 6.05. The van der Waals surface area contributed by atoms with E-state index in [1.54, 1.807) is 43.3 Å². The Labute approximate surface area is 188 Å². The summed E-state index contributed by atoms with van der Waals surface area (Å²) in [4.78, 5) is 39.9. The first-order chi connectivity index (χ1) is 15.0. The van der Waals surface area contributed by atoms with Crippen molar-refractivity contribution in [2.75, 3.05) is 13.2 Å². The number of fused-ring (bicyclic) bond motifs is 1. The lowest BCUT2D eigenvalue weighted by Crippen LogP contribution is -2.39. The smallest absolute Gasteiger partial charge is 0.317 e. The van der Waals surface area contributed by atoms with E-state index in [9.17, 15) is 18.8 Å². The highest BCUT2D eigenvalue weighted by molar-refractivity contribution is 6.05. The molecule has 0 aromatic heterocycles. The van der Waals surface area contributed by atoms with Gasteiger partial charge in [0, 0.05) is 26.2 Å². The van der Waals surface area contributed by atoms with E-state index in [0.29, 0.717) is 23.3 Å². The number of para-hydroxylation sites is 1. The van der Waals surface area contributed by atoms with E-state index in [1.165, 1.54) is 12.1 Å². The molecule has 2 aromatic rings. The summed E-state index contributed by atoms with van der Waals surface area (Å²) < 4.78 is 24.7. The number of halogens is 1. The van der Waals surface area contributed by atoms with Crippen LogP contribution in [-0.4, -0.2) is 39.2 Å². The molecule has 0 bridgehead atoms. The van der Waals surface area contributed by atoms with Crippen molar-refractivity contribution in [3.05, 3.63) is 65.5 Å². The van der Waals surface area contributed by atoms with Crippen molar-refractivity contribution in [3.8, 4) is 5.75 Å². The first-order valence-electron chi connectivity index (χ1n) is 10.7. The summed E-state index contributed by atoms with van der Waals surface area (Å²) in [6, 6.07) is 12.7. The SMILES string of the molecule is CCOC(=O)C(C(=O)C1CC1)C(c1ccc(F)cc1)C1CCOc2ccccc2C1=O.[BH]. The number of hydrogen-bond acceptors (Lipinski definition) is 5. The van der Waals surface area contributed by atoms with Gasteiger partial charge in [0.15, 0.2) is 11.6 Å². The maximum atomic E-state index is 13.7. The molecule has 0 N–H and O–H groups in total. The summed E-state index contributed by atoms with van der Waals surface area (Å²) in [5.74, 6) is -3.67. The van der Waals surface area contributed by atoms with Gasteiger partial charge in [0.25, 0.3) is 0 Å². The Bertz CT molecular complexity index is 986. The van der Waals surface area contributed by atoms with Crippen molar-refractivity contribution < 1.29 is 28.2 Å². The zero-order chi connectivity index (χ0) is 22.0. The van der Waals surface area contributed by atoms with Crippen molar-refractivity contribution in [1.29, 1.82) is 0 Å². The lowest BCUT2D eigenvalue weighted by Gasteiger charge is -2.31. The van der Waals surface area contributed by atoms with Crippen LogP contribution < -0.4 is 4.74 Å². The van der Waals surface area contributed by atoms with Crippen molar-refractivity contribution in [2.24, 2.45) is 17.8 Å². The normalized spacial score (nSPS) is 19.4. The monoisotopic (exact) mass is 436 g/mol. The molecule has 2 aromatic carbocycles. The van der Waals surface area contributed by atoms with Crippen LogP contribution in [0.3, 0.4) is 0 Å². The minimum absolute atomic E-state index is 0. The van der Waals surface area contributed by atoms with Crippen LogP contribution in [0, 0.1) is 23.6 Å². The van der Waals surface area contributed by atoms with E-state index in [0.717, 1.165) is 12.8 Å². The average molecular weight is 436 g/mol. The first-order valence-corrected chi connectivity index (χ1v) is 10.7. The Morgan fingerprint density at radius 1 is 1.09 bits per heavy atom. The zero-order valence-electron chi connectivity index (χ0n) is 18.1. The number of carbonyl (C=O) groups is 3. The molecule has 1 fully saturated rings. The van der Waals surface area contributed by atoms with Gasteiger partial charge in [0.1, 0.15) is 17.5 Å². The Morgan fingerprint density at radius 2 is 1.78 bits per heavy atom. The van der Waals surface area contributed by atoms with E-state index in [4.69, 9.17) is 9.47 Å². The van der Waals surface area contributed by atoms with Gasteiger partial charge in [-0.3, -0.25) is 14.4 Å². The van der Waals surface area contributed by atoms with Crippen molar-refractivity contribution >= 4 is 25.9 Å². The molecule has 2 aliphatic rings. The standard InChI is InChI=1S/C25H25FO5.BH/c1-2-30-25(29)22(23(27)16-7-8-16)21(15-9-11-17(26)12-10-15)19-13-14-31-20-6-4-3-5-18(20)24(19)28;/h3-6,9-12,16,19,21-22H,2,7-8,13-14H2,1H3;1H. The van der Waals surface area contributed by atoms with E-state index < -0.39 is 29.5 Å². The van der Waals surface area contributed by atoms with Gasteiger partial charge in [-0.05, 0) is 56.0 Å². The fourth-order valence-electron chi connectivity index (χ4n) is 4.40. The molecule has 1 saturated carbocycles. The highest BCUT2D eigenvalue weighted by Crippen LogP contribution is 2.44. The van der Waals surface area contributed by atoms with E-state index in [-0.39, 0.29) is 39.1 Å². The van der Waals surface area contributed by atoms with Crippen LogP contribution in [0.4, 0.5) is 4.39 Å². The summed E-state index contributed by atoms with van der Waals surface area (Å²) >= 11 is 0. The van der Waals surface area contributed by atoms with Crippen LogP contribution in [0.5, 0.6) is 5.75 Å². The summed E-state index contributed by atoms with van der Waals surface area (Å²) in [7, 11) is 0. The Hall–Kier alpha value is -2.96. The van der Waals surface area contributed by atoms with Crippen molar-refractivity contribution in [1.82, 2.24) is 0 Å². The number of esters is 1. The molecule has 5 nitrogen and oxygen atoms in total. The quantitative estimate of drug-likeness (QED) is 0.376. The third kappa shape index (κ3) is 4.77. The van der Waals surface area contributed by atoms with Gasteiger partial charge >= 0.3 is 5.97 Å². The molecule has 1 heterocycles. The van der Waals surface area contributed by atoms with Gasteiger partial charge < -0.3 is 9.47 Å². The molecule has 32 heavy (non-hydrogen) atoms. The molecule has 1 aliphatic carbocycles. The molecule has 166 valence electrons. The topological polar surface area (TPSA) is 69.7 Å². The van der Waals surface area contributed by atoms with Crippen molar-refractivity contribution in [3.63, 3.8) is 0 Å². The van der Waals surface area contributed by atoms with Gasteiger partial charge in [-0.25, -0.2) is 4.39 Å². The molecule has 0 saturated heterocycles. The van der Waals surface area contributed by atoms with Crippen LogP contribution in [0.15, 0.2) is 48.5 Å². The molecule has 0 spiro atoms. The van der Waals surface area contributed by atoms with Gasteiger partial charge in [0.05, 0.1) is 18.8 Å². The van der Waals surface area contributed by atoms with Gasteiger partial charge in [-0.1, -0.05) is 24.3 Å². The summed E-state index contributed by atoms with van der Waals surface area (Å²) in [6.07, 6.45) is 1.80. The Kier molecular flexibility index (Phi) is 7.49. The number of ether oxygens (including phenoxy) is 2. The molecule has 4 rings (SSSR count). The van der Waals surface area contributed by atoms with Crippen LogP contribution in [0.1, 0.15) is 48.0 Å². The molecule has 2 radical (unpaired) electrons. The second kappa shape index (κ2) is 10.1. The maximum Gasteiger partial charge on any atom is 0.317 e. The molecular weight excluding hydrogens is 410 g/mol. The second-order valence-electron chi connectivity index (χ2n) is 8.09. The first kappa shape index (κ1) is 23.7. The highest BCUT2D eigenvalue weighted by Gasteiger charge is 2.48. The number of ketones is 2. The van der Waals surface area contributed by atoms with Crippen LogP contribution >= 0.6 is 0 Å². The number of benzene rings is 2. The van der Waals surface area contributed by atoms with Gasteiger partial charge in [-0.2, -0.15) is 0 Å². The van der Waals surface area contributed by atoms with E-state index >= 15 is 0 Å². The number of rotatable bonds is 7. The average Bonchev–Trinajstić information content (AvgIpc) is 3.62. The van der Waals surface area contributed by atoms with Crippen molar-refractivity contribution in [2.45, 2.75) is 32.1 Å². The fraction of sp³-hybridized carbons (Fsp3) is 0.400. The van der Waals surface area contributed by atoms with E-state index in [2.05, 4.69) is 0 Å². The predicted octanol–water partition coefficient (Wildman–Crippen LogP) is 3.70. The molecule has 1 aliphatic heterocycles. The summed E-state index contributed by atoms with van der Waals surface area (Å²) in [5.41, 5.74) is 1.00. The number of carbonyl (C=O) groups excluding carboxylic acids is 3. The maximum absolute atomic E-state index is 13.7. The summed E-state index contributed by atoms with van der Waals surface area (Å²) in [5, 5.41) is 0. The summed E-state index contributed by atoms with van der Waals surface area (Å²) in [6.45, 7) is 2.09.